The number of hydrazone groups is 1. The van der Waals surface area contributed by atoms with Gasteiger partial charge in [0.25, 0.3) is 0 Å². The van der Waals surface area contributed by atoms with Crippen LogP contribution in [0.15, 0.2) is 29.0 Å². The third-order valence-corrected chi connectivity index (χ3v) is 1.49. The fourth-order valence-electron chi connectivity index (χ4n) is 0.794. The van der Waals surface area contributed by atoms with Crippen LogP contribution in [0.3, 0.4) is 0 Å². The number of nitrogens with zero attached hydrogens (tertiary/aromatic N) is 3. The van der Waals surface area contributed by atoms with E-state index in [4.69, 9.17) is 10.4 Å². The molecule has 14 heavy (non-hydrogen) atoms. The molecule has 1 N–H and O–H groups in total. The standard InChI is InChI=1S/C9H11N3O2/c1-4-8(5-10)7(2)12(11-3)6-9(13)14/h4H,2-3,6H2,1H3,(H,13,14)/b8-4-. The number of carboxylic acid groups (broad SMARTS) is 1. The van der Waals surface area contributed by atoms with Crippen molar-refractivity contribution in [1.29, 1.82) is 5.26 Å². The van der Waals surface area contributed by atoms with Crippen molar-refractivity contribution in [3.05, 3.63) is 23.9 Å². The second-order valence-corrected chi connectivity index (χ2v) is 2.35. The first-order valence-electron chi connectivity index (χ1n) is 3.78. The molecule has 0 saturated heterocycles. The average molecular weight is 193 g/mol. The highest BCUT2D eigenvalue weighted by Crippen LogP contribution is 2.12. The van der Waals surface area contributed by atoms with Crippen LogP contribution in [0.5, 0.6) is 0 Å². The molecule has 0 aliphatic heterocycles. The second-order valence-electron chi connectivity index (χ2n) is 2.35. The van der Waals surface area contributed by atoms with E-state index in [1.807, 2.05) is 6.07 Å². The molecular formula is C9H11N3O2. The van der Waals surface area contributed by atoms with Crippen molar-refractivity contribution < 1.29 is 9.90 Å². The zero-order chi connectivity index (χ0) is 11.1. The fraction of sp³-hybridized carbons (Fsp3) is 0.222. The van der Waals surface area contributed by atoms with E-state index in [0.717, 1.165) is 5.01 Å². The summed E-state index contributed by atoms with van der Waals surface area (Å²) >= 11 is 0. The molecule has 0 aliphatic carbocycles. The van der Waals surface area contributed by atoms with Crippen molar-refractivity contribution in [3.63, 3.8) is 0 Å². The van der Waals surface area contributed by atoms with Gasteiger partial charge >= 0.3 is 5.97 Å². The van der Waals surface area contributed by atoms with Gasteiger partial charge in [-0.05, 0) is 6.92 Å². The van der Waals surface area contributed by atoms with Gasteiger partial charge in [-0.25, -0.2) is 0 Å². The number of rotatable bonds is 5. The Morgan fingerprint density at radius 2 is 2.36 bits per heavy atom. The summed E-state index contributed by atoms with van der Waals surface area (Å²) in [5, 5.41) is 21.7. The van der Waals surface area contributed by atoms with Gasteiger partial charge in [0.2, 0.25) is 0 Å². The molecule has 5 nitrogen and oxygen atoms in total. The van der Waals surface area contributed by atoms with Crippen LogP contribution in [0.2, 0.25) is 0 Å². The maximum absolute atomic E-state index is 10.4. The third-order valence-electron chi connectivity index (χ3n) is 1.49. The van der Waals surface area contributed by atoms with Gasteiger partial charge in [-0.1, -0.05) is 12.7 Å². The van der Waals surface area contributed by atoms with Crippen molar-refractivity contribution in [2.24, 2.45) is 5.10 Å². The minimum absolute atomic E-state index is 0.229. The smallest absolute Gasteiger partial charge is 0.325 e. The van der Waals surface area contributed by atoms with Gasteiger partial charge in [-0.15, -0.1) is 0 Å². The molecule has 0 fully saturated rings. The number of hydrogen-bond donors (Lipinski definition) is 1. The SMILES string of the molecule is C=NN(CC(=O)O)C(=C)/C(C#N)=C\C. The van der Waals surface area contributed by atoms with Gasteiger partial charge in [-0.3, -0.25) is 9.80 Å². The van der Waals surface area contributed by atoms with Crippen LogP contribution in [-0.4, -0.2) is 29.3 Å². The Hall–Kier alpha value is -2.09. The highest BCUT2D eigenvalue weighted by molar-refractivity contribution is 5.69. The number of nitriles is 1. The maximum Gasteiger partial charge on any atom is 0.325 e. The first kappa shape index (κ1) is 11.9. The van der Waals surface area contributed by atoms with Crippen LogP contribution in [0.4, 0.5) is 0 Å². The number of allylic oxidation sites excluding steroid dienone is 2. The van der Waals surface area contributed by atoms with Crippen molar-refractivity contribution in [2.75, 3.05) is 6.54 Å². The number of aliphatic carboxylic acids is 1. The normalized spacial score (nSPS) is 10.1. The maximum atomic E-state index is 10.4. The van der Waals surface area contributed by atoms with Crippen LogP contribution >= 0.6 is 0 Å². The first-order valence-corrected chi connectivity index (χ1v) is 3.78. The summed E-state index contributed by atoms with van der Waals surface area (Å²) in [5.74, 6) is -1.06. The molecule has 0 rings (SSSR count). The van der Waals surface area contributed by atoms with E-state index in [0.29, 0.717) is 0 Å². The Balaban J connectivity index is 4.72. The Kier molecular flexibility index (Phi) is 4.71. The molecule has 5 heteroatoms. The predicted octanol–water partition coefficient (Wildman–Crippen LogP) is 0.972. The highest BCUT2D eigenvalue weighted by atomic mass is 16.4. The van der Waals surface area contributed by atoms with Crippen LogP contribution in [0.25, 0.3) is 0 Å². The number of carbonyl (C=O) groups is 1. The molecule has 0 aromatic carbocycles. The summed E-state index contributed by atoms with van der Waals surface area (Å²) < 4.78 is 0. The minimum Gasteiger partial charge on any atom is -0.480 e. The lowest BCUT2D eigenvalue weighted by molar-refractivity contribution is -0.137. The largest absolute Gasteiger partial charge is 0.480 e. The zero-order valence-corrected chi connectivity index (χ0v) is 7.90. The van der Waals surface area contributed by atoms with E-state index >= 15 is 0 Å². The molecule has 0 aromatic heterocycles. The minimum atomic E-state index is -1.06. The topological polar surface area (TPSA) is 76.7 Å². The Labute approximate surface area is 82.3 Å². The lowest BCUT2D eigenvalue weighted by atomic mass is 10.2. The van der Waals surface area contributed by atoms with Crippen molar-refractivity contribution in [2.45, 2.75) is 6.92 Å². The third kappa shape index (κ3) is 3.11. The highest BCUT2D eigenvalue weighted by Gasteiger charge is 2.12. The first-order chi connectivity index (χ1) is 6.56. The van der Waals surface area contributed by atoms with Gasteiger partial charge < -0.3 is 5.11 Å². The molecule has 0 aliphatic rings. The molecule has 0 radical (unpaired) electrons. The molecule has 74 valence electrons. The molecule has 0 spiro atoms. The van der Waals surface area contributed by atoms with Crippen LogP contribution in [0.1, 0.15) is 6.92 Å². The van der Waals surface area contributed by atoms with Gasteiger partial charge in [0.1, 0.15) is 12.6 Å². The molecule has 0 unspecified atom stereocenters. The summed E-state index contributed by atoms with van der Waals surface area (Å²) in [6, 6.07) is 1.88. The number of carboxylic acids is 1. The fourth-order valence-corrected chi connectivity index (χ4v) is 0.794. The summed E-state index contributed by atoms with van der Waals surface area (Å²) in [6.07, 6.45) is 1.53. The van der Waals surface area contributed by atoms with E-state index in [1.165, 1.54) is 6.08 Å². The van der Waals surface area contributed by atoms with Gasteiger partial charge in [0.15, 0.2) is 0 Å². The van der Waals surface area contributed by atoms with Gasteiger partial charge in [-0.2, -0.15) is 10.4 Å². The summed E-state index contributed by atoms with van der Waals surface area (Å²) in [6.45, 7) is 8.06. The summed E-state index contributed by atoms with van der Waals surface area (Å²) in [4.78, 5) is 10.4. The van der Waals surface area contributed by atoms with Crippen LogP contribution in [0, 0.1) is 11.3 Å². The summed E-state index contributed by atoms with van der Waals surface area (Å²) in [7, 11) is 0. The van der Waals surface area contributed by atoms with Gasteiger partial charge in [0.05, 0.1) is 11.3 Å². The molecule has 0 saturated carbocycles. The molecule has 0 atom stereocenters. The predicted molar refractivity (Wildman–Crippen MR) is 52.4 cm³/mol. The quantitative estimate of drug-likeness (QED) is 0.305. The van der Waals surface area contributed by atoms with Crippen molar-refractivity contribution in [3.8, 4) is 6.07 Å². The van der Waals surface area contributed by atoms with Crippen molar-refractivity contribution >= 4 is 12.7 Å². The molecular weight excluding hydrogens is 182 g/mol. The average Bonchev–Trinajstić information content (AvgIpc) is 2.15. The van der Waals surface area contributed by atoms with Crippen LogP contribution in [-0.2, 0) is 4.79 Å². The Morgan fingerprint density at radius 3 is 2.64 bits per heavy atom. The van der Waals surface area contributed by atoms with E-state index in [1.54, 1.807) is 6.92 Å². The Bertz CT molecular complexity index is 325. The number of hydrogen-bond acceptors (Lipinski definition) is 4. The lowest BCUT2D eigenvalue weighted by Gasteiger charge is -2.17. The zero-order valence-electron chi connectivity index (χ0n) is 7.90. The van der Waals surface area contributed by atoms with Gasteiger partial charge in [0, 0.05) is 6.72 Å². The lowest BCUT2D eigenvalue weighted by Crippen LogP contribution is -2.24. The van der Waals surface area contributed by atoms with E-state index < -0.39 is 5.97 Å². The van der Waals surface area contributed by atoms with Crippen LogP contribution < -0.4 is 0 Å². The van der Waals surface area contributed by atoms with E-state index in [-0.39, 0.29) is 17.8 Å². The van der Waals surface area contributed by atoms with E-state index in [2.05, 4.69) is 18.4 Å². The van der Waals surface area contributed by atoms with E-state index in [9.17, 15) is 4.79 Å². The van der Waals surface area contributed by atoms with Crippen molar-refractivity contribution in [1.82, 2.24) is 5.01 Å². The Morgan fingerprint density at radius 1 is 1.79 bits per heavy atom. The second kappa shape index (κ2) is 5.54. The molecule has 0 heterocycles. The molecule has 0 aromatic rings. The monoisotopic (exact) mass is 193 g/mol. The molecule has 0 amide bonds. The summed E-state index contributed by atoms with van der Waals surface area (Å²) in [5.41, 5.74) is 0.506. The molecule has 0 bridgehead atoms.